The van der Waals surface area contributed by atoms with Gasteiger partial charge in [0.15, 0.2) is 0 Å². The molecule has 2 rings (SSSR count). The smallest absolute Gasteiger partial charge is 0.105 e. The highest BCUT2D eigenvalue weighted by Gasteiger charge is 2.13. The molecule has 1 unspecified atom stereocenters. The maximum Gasteiger partial charge on any atom is 0.105 e. The standard InChI is InChI=1S/C11H11ClOS/c1-8-10(2-4-13-8)11(12)6-9-3-5-14-7-9/h2-5,7,11H,6H2,1H3. The number of alkyl halides is 1. The van der Waals surface area contributed by atoms with Crippen molar-refractivity contribution < 1.29 is 4.42 Å². The summed E-state index contributed by atoms with van der Waals surface area (Å²) in [7, 11) is 0. The Kier molecular flexibility index (Phi) is 2.94. The summed E-state index contributed by atoms with van der Waals surface area (Å²) in [5.41, 5.74) is 2.38. The number of halogens is 1. The fraction of sp³-hybridized carbons (Fsp3) is 0.273. The minimum Gasteiger partial charge on any atom is -0.469 e. The minimum absolute atomic E-state index is 0.0170. The zero-order valence-corrected chi connectivity index (χ0v) is 9.44. The topological polar surface area (TPSA) is 13.1 Å². The van der Waals surface area contributed by atoms with Gasteiger partial charge >= 0.3 is 0 Å². The third-order valence-corrected chi connectivity index (χ3v) is 3.35. The summed E-state index contributed by atoms with van der Waals surface area (Å²) in [6.45, 7) is 1.94. The summed E-state index contributed by atoms with van der Waals surface area (Å²) in [6.07, 6.45) is 2.55. The Bertz CT molecular complexity index is 391. The van der Waals surface area contributed by atoms with E-state index >= 15 is 0 Å². The molecule has 0 saturated heterocycles. The van der Waals surface area contributed by atoms with Crippen LogP contribution in [0.4, 0.5) is 0 Å². The summed E-state index contributed by atoms with van der Waals surface area (Å²) < 4.78 is 5.22. The van der Waals surface area contributed by atoms with Crippen molar-refractivity contribution in [2.75, 3.05) is 0 Å². The second kappa shape index (κ2) is 4.20. The van der Waals surface area contributed by atoms with E-state index in [2.05, 4.69) is 16.8 Å². The Morgan fingerprint density at radius 1 is 1.50 bits per heavy atom. The van der Waals surface area contributed by atoms with Crippen LogP contribution >= 0.6 is 22.9 Å². The van der Waals surface area contributed by atoms with E-state index in [0.717, 1.165) is 17.7 Å². The number of rotatable bonds is 3. The number of hydrogen-bond acceptors (Lipinski definition) is 2. The molecule has 0 aliphatic carbocycles. The zero-order valence-electron chi connectivity index (χ0n) is 7.87. The quantitative estimate of drug-likeness (QED) is 0.716. The van der Waals surface area contributed by atoms with Crippen molar-refractivity contribution in [2.45, 2.75) is 18.7 Å². The van der Waals surface area contributed by atoms with E-state index in [-0.39, 0.29) is 5.38 Å². The van der Waals surface area contributed by atoms with E-state index in [1.807, 2.05) is 13.0 Å². The highest BCUT2D eigenvalue weighted by Crippen LogP contribution is 2.28. The lowest BCUT2D eigenvalue weighted by Gasteiger charge is -2.06. The van der Waals surface area contributed by atoms with Crippen molar-refractivity contribution in [3.05, 3.63) is 46.0 Å². The van der Waals surface area contributed by atoms with Crippen LogP contribution in [0.25, 0.3) is 0 Å². The molecule has 0 amide bonds. The lowest BCUT2D eigenvalue weighted by molar-refractivity contribution is 0.529. The third kappa shape index (κ3) is 2.02. The van der Waals surface area contributed by atoms with Gasteiger partial charge in [-0.15, -0.1) is 11.6 Å². The van der Waals surface area contributed by atoms with Gasteiger partial charge in [0.05, 0.1) is 11.6 Å². The average Bonchev–Trinajstić information content (AvgIpc) is 2.75. The Morgan fingerprint density at radius 3 is 2.93 bits per heavy atom. The van der Waals surface area contributed by atoms with Gasteiger partial charge in [-0.2, -0.15) is 11.3 Å². The van der Waals surface area contributed by atoms with Crippen molar-refractivity contribution in [3.63, 3.8) is 0 Å². The molecule has 14 heavy (non-hydrogen) atoms. The first-order valence-corrected chi connectivity index (χ1v) is 5.84. The minimum atomic E-state index is 0.0170. The molecule has 74 valence electrons. The Morgan fingerprint density at radius 2 is 2.36 bits per heavy atom. The van der Waals surface area contributed by atoms with Crippen LogP contribution in [-0.4, -0.2) is 0 Å². The van der Waals surface area contributed by atoms with Crippen LogP contribution in [0.1, 0.15) is 22.3 Å². The highest BCUT2D eigenvalue weighted by atomic mass is 35.5. The first-order valence-electron chi connectivity index (χ1n) is 4.46. The summed E-state index contributed by atoms with van der Waals surface area (Å²) in [5.74, 6) is 0.917. The van der Waals surface area contributed by atoms with Crippen LogP contribution < -0.4 is 0 Å². The van der Waals surface area contributed by atoms with Crippen molar-refractivity contribution in [1.29, 1.82) is 0 Å². The fourth-order valence-electron chi connectivity index (χ4n) is 1.45. The van der Waals surface area contributed by atoms with Crippen molar-refractivity contribution in [1.82, 2.24) is 0 Å². The molecular weight excluding hydrogens is 216 g/mol. The predicted molar refractivity (Wildman–Crippen MR) is 60.1 cm³/mol. The Labute approximate surface area is 92.3 Å². The molecule has 2 heterocycles. The van der Waals surface area contributed by atoms with Gasteiger partial charge in [0.1, 0.15) is 5.76 Å². The van der Waals surface area contributed by atoms with Gasteiger partial charge in [0.25, 0.3) is 0 Å². The van der Waals surface area contributed by atoms with Crippen LogP contribution in [0.15, 0.2) is 33.6 Å². The summed E-state index contributed by atoms with van der Waals surface area (Å²) >= 11 is 7.99. The molecule has 0 aliphatic rings. The summed E-state index contributed by atoms with van der Waals surface area (Å²) in [5, 5.41) is 4.22. The largest absolute Gasteiger partial charge is 0.469 e. The number of hydrogen-bond donors (Lipinski definition) is 0. The van der Waals surface area contributed by atoms with Crippen LogP contribution in [0.2, 0.25) is 0 Å². The fourth-order valence-corrected chi connectivity index (χ4v) is 2.53. The van der Waals surface area contributed by atoms with Gasteiger partial charge in [-0.05, 0) is 41.8 Å². The van der Waals surface area contributed by atoms with E-state index < -0.39 is 0 Å². The Balaban J connectivity index is 2.10. The van der Waals surface area contributed by atoms with Crippen molar-refractivity contribution in [3.8, 4) is 0 Å². The molecule has 0 saturated carbocycles. The molecule has 2 aromatic rings. The van der Waals surface area contributed by atoms with E-state index in [1.54, 1.807) is 17.6 Å². The first kappa shape index (κ1) is 9.81. The van der Waals surface area contributed by atoms with E-state index in [1.165, 1.54) is 5.56 Å². The average molecular weight is 227 g/mol. The number of furan rings is 1. The molecule has 2 aromatic heterocycles. The van der Waals surface area contributed by atoms with Gasteiger partial charge in [-0.25, -0.2) is 0 Å². The van der Waals surface area contributed by atoms with E-state index in [9.17, 15) is 0 Å². The van der Waals surface area contributed by atoms with Crippen LogP contribution in [-0.2, 0) is 6.42 Å². The van der Waals surface area contributed by atoms with Gasteiger partial charge in [-0.1, -0.05) is 0 Å². The molecule has 0 spiro atoms. The third-order valence-electron chi connectivity index (χ3n) is 2.23. The first-order chi connectivity index (χ1) is 6.77. The van der Waals surface area contributed by atoms with Crippen LogP contribution in [0, 0.1) is 6.92 Å². The number of thiophene rings is 1. The summed E-state index contributed by atoms with van der Waals surface area (Å²) in [6, 6.07) is 4.05. The monoisotopic (exact) mass is 226 g/mol. The van der Waals surface area contributed by atoms with E-state index in [0.29, 0.717) is 0 Å². The molecule has 0 aromatic carbocycles. The van der Waals surface area contributed by atoms with Crippen molar-refractivity contribution >= 4 is 22.9 Å². The zero-order chi connectivity index (χ0) is 9.97. The molecule has 0 N–H and O–H groups in total. The normalized spacial score (nSPS) is 13.0. The molecule has 3 heteroatoms. The molecule has 1 nitrogen and oxygen atoms in total. The van der Waals surface area contributed by atoms with Gasteiger partial charge in [0.2, 0.25) is 0 Å². The lowest BCUT2D eigenvalue weighted by Crippen LogP contribution is -1.94. The highest BCUT2D eigenvalue weighted by molar-refractivity contribution is 7.07. The Hall–Kier alpha value is -0.730. The maximum atomic E-state index is 6.29. The van der Waals surface area contributed by atoms with Gasteiger partial charge < -0.3 is 4.42 Å². The second-order valence-corrected chi connectivity index (χ2v) is 4.54. The van der Waals surface area contributed by atoms with Gasteiger partial charge in [0, 0.05) is 5.56 Å². The van der Waals surface area contributed by atoms with E-state index in [4.69, 9.17) is 16.0 Å². The van der Waals surface area contributed by atoms with Crippen molar-refractivity contribution in [2.24, 2.45) is 0 Å². The molecule has 0 fully saturated rings. The maximum absolute atomic E-state index is 6.29. The van der Waals surface area contributed by atoms with Crippen LogP contribution in [0.3, 0.4) is 0 Å². The lowest BCUT2D eigenvalue weighted by atomic mass is 10.1. The molecule has 0 radical (unpaired) electrons. The SMILES string of the molecule is Cc1occc1C(Cl)Cc1ccsc1. The molecule has 0 bridgehead atoms. The molecule has 0 aliphatic heterocycles. The molecule has 1 atom stereocenters. The molecular formula is C11H11ClOS. The van der Waals surface area contributed by atoms with Crippen LogP contribution in [0.5, 0.6) is 0 Å². The predicted octanol–water partition coefficient (Wildman–Crippen LogP) is 4.17. The second-order valence-electron chi connectivity index (χ2n) is 3.24. The summed E-state index contributed by atoms with van der Waals surface area (Å²) in [4.78, 5) is 0. The van der Waals surface area contributed by atoms with Gasteiger partial charge in [-0.3, -0.25) is 0 Å². The number of aryl methyl sites for hydroxylation is 1.